The molecule has 0 amide bonds. The summed E-state index contributed by atoms with van der Waals surface area (Å²) in [6.45, 7) is 1.52. The van der Waals surface area contributed by atoms with Crippen molar-refractivity contribution in [1.82, 2.24) is 0 Å². The molecular weight excluding hydrogens is 253 g/mol. The van der Waals surface area contributed by atoms with Gasteiger partial charge in [-0.15, -0.1) is 0 Å². The average molecular weight is 265 g/mol. The smallest absolute Gasteiger partial charge is 0.206 e. The Balaban J connectivity index is 2.58. The highest BCUT2D eigenvalue weighted by Crippen LogP contribution is 2.23. The Hall–Kier alpha value is -1.88. The van der Waals surface area contributed by atoms with Gasteiger partial charge in [0.15, 0.2) is 0 Å². The van der Waals surface area contributed by atoms with Gasteiger partial charge in [-0.25, -0.2) is 12.8 Å². The predicted molar refractivity (Wildman–Crippen MR) is 67.4 cm³/mol. The van der Waals surface area contributed by atoms with Crippen molar-refractivity contribution in [3.8, 4) is 0 Å². The highest BCUT2D eigenvalue weighted by molar-refractivity contribution is 7.91. The molecule has 2 aromatic carbocycles. The maximum atomic E-state index is 13.1. The molecule has 0 heterocycles. The lowest BCUT2D eigenvalue weighted by Gasteiger charge is -2.06. The number of halogens is 1. The van der Waals surface area contributed by atoms with E-state index in [-0.39, 0.29) is 9.79 Å². The zero-order valence-corrected chi connectivity index (χ0v) is 10.5. The first-order valence-corrected chi connectivity index (χ1v) is 6.76. The molecule has 0 atom stereocenters. The minimum atomic E-state index is -3.65. The molecule has 94 valence electrons. The van der Waals surface area contributed by atoms with Crippen LogP contribution in [0.2, 0.25) is 0 Å². The molecule has 2 rings (SSSR count). The predicted octanol–water partition coefficient (Wildman–Crippen LogP) is 2.55. The summed E-state index contributed by atoms with van der Waals surface area (Å²) in [5.41, 5.74) is 6.22. The third-order valence-electron chi connectivity index (χ3n) is 2.61. The summed E-state index contributed by atoms with van der Waals surface area (Å²) in [6, 6.07) is 9.73. The number of sulfone groups is 1. The summed E-state index contributed by atoms with van der Waals surface area (Å²) in [5, 5.41) is 0. The minimum Gasteiger partial charge on any atom is -0.399 e. The van der Waals surface area contributed by atoms with Gasteiger partial charge in [-0.2, -0.15) is 0 Å². The molecule has 3 nitrogen and oxygen atoms in total. The van der Waals surface area contributed by atoms with E-state index in [1.807, 2.05) is 0 Å². The Morgan fingerprint density at radius 3 is 2.33 bits per heavy atom. The molecule has 0 saturated heterocycles. The van der Waals surface area contributed by atoms with Crippen molar-refractivity contribution >= 4 is 15.5 Å². The topological polar surface area (TPSA) is 60.2 Å². The molecule has 0 aliphatic heterocycles. The highest BCUT2D eigenvalue weighted by Gasteiger charge is 2.18. The number of hydrogen-bond acceptors (Lipinski definition) is 3. The fourth-order valence-electron chi connectivity index (χ4n) is 1.60. The Bertz CT molecular complexity index is 696. The van der Waals surface area contributed by atoms with Crippen LogP contribution >= 0.6 is 0 Å². The van der Waals surface area contributed by atoms with E-state index in [1.165, 1.54) is 31.2 Å². The number of nitrogens with two attached hydrogens (primary N) is 1. The SMILES string of the molecule is Cc1cc(S(=O)(=O)c2cccc(N)c2)ccc1F. The quantitative estimate of drug-likeness (QED) is 0.670. The Morgan fingerprint density at radius 1 is 1.06 bits per heavy atom. The van der Waals surface area contributed by atoms with Crippen LogP contribution in [0.1, 0.15) is 5.56 Å². The van der Waals surface area contributed by atoms with Crippen molar-refractivity contribution in [2.75, 3.05) is 5.73 Å². The van der Waals surface area contributed by atoms with Crippen LogP contribution in [-0.2, 0) is 9.84 Å². The molecule has 0 unspecified atom stereocenters. The molecule has 0 saturated carbocycles. The molecule has 2 aromatic rings. The Labute approximate surface area is 105 Å². The molecule has 0 bridgehead atoms. The van der Waals surface area contributed by atoms with E-state index >= 15 is 0 Å². The second kappa shape index (κ2) is 4.42. The van der Waals surface area contributed by atoms with Crippen LogP contribution in [0.4, 0.5) is 10.1 Å². The normalized spacial score (nSPS) is 11.4. The molecule has 0 radical (unpaired) electrons. The zero-order valence-electron chi connectivity index (χ0n) is 9.72. The first kappa shape index (κ1) is 12.6. The molecule has 2 N–H and O–H groups in total. The summed E-state index contributed by atoms with van der Waals surface area (Å²) < 4.78 is 37.7. The van der Waals surface area contributed by atoms with Crippen LogP contribution in [0.25, 0.3) is 0 Å². The lowest BCUT2D eigenvalue weighted by Crippen LogP contribution is -2.03. The van der Waals surface area contributed by atoms with Crippen LogP contribution in [0.5, 0.6) is 0 Å². The van der Waals surface area contributed by atoms with Crippen molar-refractivity contribution in [1.29, 1.82) is 0 Å². The van der Waals surface area contributed by atoms with E-state index in [9.17, 15) is 12.8 Å². The second-order valence-electron chi connectivity index (χ2n) is 3.99. The molecule has 0 fully saturated rings. The fraction of sp³-hybridized carbons (Fsp3) is 0.0769. The number of hydrogen-bond donors (Lipinski definition) is 1. The van der Waals surface area contributed by atoms with Gasteiger partial charge in [0.05, 0.1) is 9.79 Å². The van der Waals surface area contributed by atoms with Crippen LogP contribution in [0.3, 0.4) is 0 Å². The molecular formula is C13H12FNO2S. The van der Waals surface area contributed by atoms with Crippen LogP contribution in [0.15, 0.2) is 52.3 Å². The second-order valence-corrected chi connectivity index (χ2v) is 5.94. The van der Waals surface area contributed by atoms with Crippen molar-refractivity contribution in [2.45, 2.75) is 16.7 Å². The fourth-order valence-corrected chi connectivity index (χ4v) is 3.00. The molecule has 0 aliphatic rings. The number of benzene rings is 2. The number of rotatable bonds is 2. The van der Waals surface area contributed by atoms with Gasteiger partial charge in [-0.1, -0.05) is 6.07 Å². The summed E-state index contributed by atoms with van der Waals surface area (Å²) in [6.07, 6.45) is 0. The van der Waals surface area contributed by atoms with Gasteiger partial charge in [0.2, 0.25) is 9.84 Å². The summed E-state index contributed by atoms with van der Waals surface area (Å²) in [7, 11) is -3.65. The number of aryl methyl sites for hydroxylation is 1. The van der Waals surface area contributed by atoms with Gasteiger partial charge in [0, 0.05) is 5.69 Å². The van der Waals surface area contributed by atoms with Gasteiger partial charge in [-0.05, 0) is 48.9 Å². The zero-order chi connectivity index (χ0) is 13.3. The Kier molecular flexibility index (Phi) is 3.09. The summed E-state index contributed by atoms with van der Waals surface area (Å²) in [4.78, 5) is 0.167. The van der Waals surface area contributed by atoms with E-state index in [4.69, 9.17) is 5.73 Å². The van der Waals surface area contributed by atoms with Gasteiger partial charge in [-0.3, -0.25) is 0 Å². The van der Waals surface area contributed by atoms with Gasteiger partial charge < -0.3 is 5.73 Å². The summed E-state index contributed by atoms with van der Waals surface area (Å²) >= 11 is 0. The third kappa shape index (κ3) is 2.22. The summed E-state index contributed by atoms with van der Waals surface area (Å²) in [5.74, 6) is -0.429. The van der Waals surface area contributed by atoms with E-state index in [0.29, 0.717) is 11.3 Å². The Morgan fingerprint density at radius 2 is 1.72 bits per heavy atom. The van der Waals surface area contributed by atoms with Gasteiger partial charge in [0.25, 0.3) is 0 Å². The molecule has 0 aliphatic carbocycles. The van der Waals surface area contributed by atoms with E-state index in [2.05, 4.69) is 0 Å². The molecule has 18 heavy (non-hydrogen) atoms. The lowest BCUT2D eigenvalue weighted by atomic mass is 10.2. The van der Waals surface area contributed by atoms with Crippen molar-refractivity contribution in [2.24, 2.45) is 0 Å². The van der Waals surface area contributed by atoms with Crippen molar-refractivity contribution < 1.29 is 12.8 Å². The van der Waals surface area contributed by atoms with Crippen LogP contribution in [0, 0.1) is 12.7 Å². The number of anilines is 1. The van der Waals surface area contributed by atoms with E-state index in [1.54, 1.807) is 12.1 Å². The van der Waals surface area contributed by atoms with E-state index in [0.717, 1.165) is 6.07 Å². The first-order chi connectivity index (χ1) is 8.41. The lowest BCUT2D eigenvalue weighted by molar-refractivity contribution is 0.593. The standard InChI is InChI=1S/C13H12FNO2S/c1-9-7-12(5-6-13(9)14)18(16,17)11-4-2-3-10(15)8-11/h2-8H,15H2,1H3. The number of nitrogen functional groups attached to an aromatic ring is 1. The monoisotopic (exact) mass is 265 g/mol. The first-order valence-electron chi connectivity index (χ1n) is 5.28. The minimum absolute atomic E-state index is 0.0620. The van der Waals surface area contributed by atoms with E-state index < -0.39 is 15.7 Å². The molecule has 0 spiro atoms. The van der Waals surface area contributed by atoms with Gasteiger partial charge >= 0.3 is 0 Å². The maximum absolute atomic E-state index is 13.1. The largest absolute Gasteiger partial charge is 0.399 e. The van der Waals surface area contributed by atoms with Crippen molar-refractivity contribution in [3.05, 3.63) is 53.8 Å². The molecule has 0 aromatic heterocycles. The molecule has 5 heteroatoms. The van der Waals surface area contributed by atoms with Crippen LogP contribution in [-0.4, -0.2) is 8.42 Å². The van der Waals surface area contributed by atoms with Crippen LogP contribution < -0.4 is 5.73 Å². The maximum Gasteiger partial charge on any atom is 0.206 e. The van der Waals surface area contributed by atoms with Gasteiger partial charge in [0.1, 0.15) is 5.82 Å². The highest BCUT2D eigenvalue weighted by atomic mass is 32.2. The van der Waals surface area contributed by atoms with Crippen molar-refractivity contribution in [3.63, 3.8) is 0 Å². The average Bonchev–Trinajstić information content (AvgIpc) is 2.32. The third-order valence-corrected chi connectivity index (χ3v) is 4.36.